The fourth-order valence-electron chi connectivity index (χ4n) is 5.57. The lowest BCUT2D eigenvalue weighted by atomic mass is 9.92. The van der Waals surface area contributed by atoms with Gasteiger partial charge in [-0.2, -0.15) is 9.97 Å². The van der Waals surface area contributed by atoms with Crippen molar-refractivity contribution in [3.05, 3.63) is 10.5 Å². The molecule has 1 aliphatic heterocycles. The zero-order chi connectivity index (χ0) is 23.0. The van der Waals surface area contributed by atoms with Gasteiger partial charge in [-0.15, -0.1) is 0 Å². The summed E-state index contributed by atoms with van der Waals surface area (Å²) in [6.45, 7) is 7.11. The molecule has 2 aromatic rings. The minimum Gasteiger partial charge on any atom is -0.463 e. The number of ether oxygens (including phenoxy) is 1. The summed E-state index contributed by atoms with van der Waals surface area (Å²) in [7, 11) is 0. The van der Waals surface area contributed by atoms with E-state index in [4.69, 9.17) is 10.5 Å². The lowest BCUT2D eigenvalue weighted by Gasteiger charge is -2.33. The summed E-state index contributed by atoms with van der Waals surface area (Å²) < 4.78 is 7.32. The summed E-state index contributed by atoms with van der Waals surface area (Å²) in [5, 5.41) is 0. The number of likely N-dealkylation sites (tertiary alicyclic amines) is 1. The van der Waals surface area contributed by atoms with Gasteiger partial charge in [0, 0.05) is 13.1 Å². The number of aromatic nitrogens is 4. The molecular weight excluding hydrogens is 416 g/mol. The van der Waals surface area contributed by atoms with Crippen LogP contribution in [0.25, 0.3) is 11.2 Å². The van der Waals surface area contributed by atoms with Gasteiger partial charge in [0.1, 0.15) is 5.52 Å². The smallest absolute Gasteiger partial charge is 0.327 e. The molecule has 0 aromatic carbocycles. The second kappa shape index (κ2) is 11.9. The van der Waals surface area contributed by atoms with Crippen LogP contribution in [0.4, 0.5) is 5.82 Å². The Labute approximate surface area is 197 Å². The molecule has 0 radical (unpaired) electrons. The van der Waals surface area contributed by atoms with Crippen LogP contribution in [0.5, 0.6) is 6.01 Å². The van der Waals surface area contributed by atoms with Crippen molar-refractivity contribution in [2.75, 3.05) is 32.0 Å². The Morgan fingerprint density at radius 3 is 2.67 bits per heavy atom. The Morgan fingerprint density at radius 2 is 1.85 bits per heavy atom. The van der Waals surface area contributed by atoms with E-state index in [0.29, 0.717) is 24.3 Å². The average molecular weight is 459 g/mol. The molecule has 8 nitrogen and oxygen atoms in total. The Balaban J connectivity index is 1.26. The maximum absolute atomic E-state index is 12.5. The van der Waals surface area contributed by atoms with Crippen LogP contribution >= 0.6 is 0 Å². The third-order valence-corrected chi connectivity index (χ3v) is 7.53. The zero-order valence-electron chi connectivity index (χ0n) is 20.4. The molecule has 0 spiro atoms. The van der Waals surface area contributed by atoms with Crippen molar-refractivity contribution in [1.82, 2.24) is 24.4 Å². The lowest BCUT2D eigenvalue weighted by molar-refractivity contribution is 0.157. The lowest BCUT2D eigenvalue weighted by Crippen LogP contribution is -2.36. The molecule has 3 heterocycles. The molecule has 1 atom stereocenters. The maximum Gasteiger partial charge on any atom is 0.327 e. The highest BCUT2D eigenvalue weighted by molar-refractivity contribution is 5.81. The summed E-state index contributed by atoms with van der Waals surface area (Å²) in [5.74, 6) is 2.04. The molecule has 1 unspecified atom stereocenters. The van der Waals surface area contributed by atoms with Gasteiger partial charge < -0.3 is 20.4 Å². The topological polar surface area (TPSA) is 102 Å². The molecule has 3 N–H and O–H groups in total. The van der Waals surface area contributed by atoms with Crippen molar-refractivity contribution in [2.24, 2.45) is 11.8 Å². The highest BCUT2D eigenvalue weighted by Crippen LogP contribution is 2.29. The number of nitrogens with zero attached hydrogens (tertiary/aromatic N) is 4. The SMILES string of the molecule is CCCCOc1nc(N)c2[nH]c(=O)n(CCCCC3CCCN(CCC4CCCC4)C3)c2n1. The number of rotatable bonds is 12. The third kappa shape index (κ3) is 6.49. The fourth-order valence-corrected chi connectivity index (χ4v) is 5.57. The van der Waals surface area contributed by atoms with E-state index in [1.165, 1.54) is 71.0 Å². The molecule has 2 aliphatic rings. The van der Waals surface area contributed by atoms with Crippen LogP contribution in [0.15, 0.2) is 4.79 Å². The zero-order valence-corrected chi connectivity index (χ0v) is 20.4. The van der Waals surface area contributed by atoms with Gasteiger partial charge in [0.15, 0.2) is 11.5 Å². The van der Waals surface area contributed by atoms with Gasteiger partial charge >= 0.3 is 11.7 Å². The number of H-pyrrole nitrogens is 1. The predicted molar refractivity (Wildman–Crippen MR) is 133 cm³/mol. The third-order valence-electron chi connectivity index (χ3n) is 7.53. The number of nitrogen functional groups attached to an aromatic ring is 1. The number of anilines is 1. The van der Waals surface area contributed by atoms with Gasteiger partial charge in [-0.1, -0.05) is 45.4 Å². The molecule has 8 heteroatoms. The van der Waals surface area contributed by atoms with Crippen LogP contribution in [0.1, 0.15) is 84.0 Å². The molecule has 0 bridgehead atoms. The fraction of sp³-hybridized carbons (Fsp3) is 0.800. The molecule has 184 valence electrons. The second-order valence-electron chi connectivity index (χ2n) is 10.1. The van der Waals surface area contributed by atoms with E-state index >= 15 is 0 Å². The highest BCUT2D eigenvalue weighted by atomic mass is 16.5. The molecule has 2 fully saturated rings. The molecule has 1 saturated carbocycles. The largest absolute Gasteiger partial charge is 0.463 e. The first-order chi connectivity index (χ1) is 16.1. The Morgan fingerprint density at radius 1 is 1.03 bits per heavy atom. The van der Waals surface area contributed by atoms with Crippen LogP contribution in [0.3, 0.4) is 0 Å². The number of piperidine rings is 1. The highest BCUT2D eigenvalue weighted by Gasteiger charge is 2.22. The Bertz CT molecular complexity index is 933. The number of fused-ring (bicyclic) bond motifs is 1. The normalized spacial score (nSPS) is 20.1. The summed E-state index contributed by atoms with van der Waals surface area (Å²) >= 11 is 0. The molecule has 1 aliphatic carbocycles. The van der Waals surface area contributed by atoms with Gasteiger partial charge in [-0.25, -0.2) is 4.79 Å². The molecule has 0 amide bonds. The van der Waals surface area contributed by atoms with Gasteiger partial charge in [-0.05, 0) is 63.5 Å². The molecule has 33 heavy (non-hydrogen) atoms. The van der Waals surface area contributed by atoms with Crippen LogP contribution in [-0.4, -0.2) is 50.7 Å². The van der Waals surface area contributed by atoms with E-state index in [2.05, 4.69) is 26.8 Å². The molecule has 2 aromatic heterocycles. The average Bonchev–Trinajstić information content (AvgIpc) is 3.44. The summed E-state index contributed by atoms with van der Waals surface area (Å²) in [6, 6.07) is 0.251. The minimum atomic E-state index is -0.174. The summed E-state index contributed by atoms with van der Waals surface area (Å²) in [4.78, 5) is 26.7. The number of aryl methyl sites for hydroxylation is 1. The van der Waals surface area contributed by atoms with Crippen molar-refractivity contribution in [3.8, 4) is 6.01 Å². The first-order valence-corrected chi connectivity index (χ1v) is 13.2. The second-order valence-corrected chi connectivity index (χ2v) is 10.1. The Kier molecular flexibility index (Phi) is 8.64. The number of hydrogen-bond acceptors (Lipinski definition) is 6. The molecule has 4 rings (SSSR count). The van der Waals surface area contributed by atoms with Crippen LogP contribution in [-0.2, 0) is 6.54 Å². The first-order valence-electron chi connectivity index (χ1n) is 13.2. The van der Waals surface area contributed by atoms with Gasteiger partial charge in [0.05, 0.1) is 6.61 Å². The van der Waals surface area contributed by atoms with E-state index < -0.39 is 0 Å². The number of aromatic amines is 1. The van der Waals surface area contributed by atoms with Gasteiger partial charge in [0.2, 0.25) is 0 Å². The van der Waals surface area contributed by atoms with E-state index in [-0.39, 0.29) is 17.5 Å². The standard InChI is InChI=1S/C25H42N6O2/c1-2-3-17-33-24-28-22(26)21-23(29-24)31(25(32)27-21)15-7-6-11-20-12-8-14-30(18-20)16-13-19-9-4-5-10-19/h19-20H,2-18H2,1H3,(H,27,32)(H2,26,28,29). The number of nitrogens with two attached hydrogens (primary N) is 1. The number of unbranched alkanes of at least 4 members (excludes halogenated alkanes) is 2. The summed E-state index contributed by atoms with van der Waals surface area (Å²) in [6.07, 6.45) is 15.1. The van der Waals surface area contributed by atoms with Crippen LogP contribution < -0.4 is 16.2 Å². The van der Waals surface area contributed by atoms with E-state index in [0.717, 1.165) is 37.5 Å². The van der Waals surface area contributed by atoms with E-state index in [9.17, 15) is 4.79 Å². The summed E-state index contributed by atoms with van der Waals surface area (Å²) in [5.41, 5.74) is 6.94. The van der Waals surface area contributed by atoms with Crippen LogP contribution in [0.2, 0.25) is 0 Å². The predicted octanol–water partition coefficient (Wildman–Crippen LogP) is 4.34. The quantitative estimate of drug-likeness (QED) is 0.459. The van der Waals surface area contributed by atoms with Crippen molar-refractivity contribution in [2.45, 2.75) is 90.5 Å². The van der Waals surface area contributed by atoms with E-state index in [1.54, 1.807) is 4.57 Å². The Hall–Kier alpha value is -2.09. The maximum atomic E-state index is 12.5. The van der Waals surface area contributed by atoms with Crippen molar-refractivity contribution < 1.29 is 4.74 Å². The first kappa shape index (κ1) is 24.0. The van der Waals surface area contributed by atoms with Gasteiger partial charge in [0.25, 0.3) is 0 Å². The monoisotopic (exact) mass is 458 g/mol. The van der Waals surface area contributed by atoms with Crippen LogP contribution in [0, 0.1) is 11.8 Å². The molecule has 1 saturated heterocycles. The van der Waals surface area contributed by atoms with E-state index in [1.807, 2.05) is 0 Å². The number of imidazole rings is 1. The van der Waals surface area contributed by atoms with Crippen molar-refractivity contribution in [1.29, 1.82) is 0 Å². The number of hydrogen-bond donors (Lipinski definition) is 2. The molecular formula is C25H42N6O2. The number of nitrogens with one attached hydrogen (secondary N) is 1. The minimum absolute atomic E-state index is 0.174. The van der Waals surface area contributed by atoms with Crippen molar-refractivity contribution in [3.63, 3.8) is 0 Å². The van der Waals surface area contributed by atoms with Gasteiger partial charge in [-0.3, -0.25) is 4.57 Å². The van der Waals surface area contributed by atoms with Crippen molar-refractivity contribution >= 4 is 17.0 Å².